The molecule has 132 valence electrons. The molecule has 0 unspecified atom stereocenters. The minimum absolute atomic E-state index is 0.0305. The summed E-state index contributed by atoms with van der Waals surface area (Å²) >= 11 is 0. The fourth-order valence-electron chi connectivity index (χ4n) is 1.90. The van der Waals surface area contributed by atoms with Gasteiger partial charge in [0.15, 0.2) is 6.10 Å². The Bertz CT molecular complexity index is 895. The van der Waals surface area contributed by atoms with Crippen molar-refractivity contribution in [3.05, 3.63) is 64.1 Å². The third-order valence-corrected chi connectivity index (χ3v) is 3.18. The number of para-hydroxylation sites is 2. The van der Waals surface area contributed by atoms with Gasteiger partial charge in [0.05, 0.1) is 11.2 Å². The monoisotopic (exact) mass is 355 g/mol. The summed E-state index contributed by atoms with van der Waals surface area (Å²) in [6.45, 7) is 1.28. The lowest BCUT2D eigenvalue weighted by Crippen LogP contribution is -2.30. The summed E-state index contributed by atoms with van der Waals surface area (Å²) in [6.07, 6.45) is 1.26. The number of nitrogens with one attached hydrogen (secondary N) is 1. The molecule has 0 spiro atoms. The number of ether oxygens (including phenoxy) is 1. The number of benzene rings is 1. The van der Waals surface area contributed by atoms with Crippen molar-refractivity contribution < 1.29 is 23.7 Å². The molecule has 1 atom stereocenters. The van der Waals surface area contributed by atoms with Crippen molar-refractivity contribution in [3.63, 3.8) is 0 Å². The van der Waals surface area contributed by atoms with E-state index in [0.717, 1.165) is 0 Å². The average Bonchev–Trinajstić information content (AvgIpc) is 3.12. The van der Waals surface area contributed by atoms with Gasteiger partial charge in [-0.25, -0.2) is 4.79 Å². The second-order valence-corrected chi connectivity index (χ2v) is 5.00. The van der Waals surface area contributed by atoms with Crippen LogP contribution in [0.2, 0.25) is 0 Å². The predicted octanol–water partition coefficient (Wildman–Crippen LogP) is 2.67. The Morgan fingerprint density at radius 2 is 2.08 bits per heavy atom. The first-order valence-corrected chi connectivity index (χ1v) is 7.33. The molecular weight excluding hydrogens is 342 g/mol. The van der Waals surface area contributed by atoms with Crippen LogP contribution in [0.3, 0.4) is 0 Å². The van der Waals surface area contributed by atoms with Gasteiger partial charge < -0.3 is 14.5 Å². The molecule has 0 saturated carbocycles. The summed E-state index contributed by atoms with van der Waals surface area (Å²) < 4.78 is 9.94. The van der Waals surface area contributed by atoms with Gasteiger partial charge in [-0.15, -0.1) is 0 Å². The van der Waals surface area contributed by atoms with E-state index in [9.17, 15) is 19.7 Å². The molecule has 2 rings (SSSR count). The molecule has 1 aromatic carbocycles. The fourth-order valence-corrected chi connectivity index (χ4v) is 1.90. The number of nitro benzene ring substituents is 1. The van der Waals surface area contributed by atoms with E-state index in [2.05, 4.69) is 5.32 Å². The minimum Gasteiger partial charge on any atom is -0.465 e. The van der Waals surface area contributed by atoms with Gasteiger partial charge in [-0.05, 0) is 25.1 Å². The number of carbonyl (C=O) groups excluding carboxylic acids is 2. The third-order valence-electron chi connectivity index (χ3n) is 3.18. The molecule has 1 heterocycles. The van der Waals surface area contributed by atoms with Crippen LogP contribution in [0.5, 0.6) is 0 Å². The van der Waals surface area contributed by atoms with Gasteiger partial charge in [0.25, 0.3) is 11.6 Å². The van der Waals surface area contributed by atoms with E-state index in [-0.39, 0.29) is 22.7 Å². The van der Waals surface area contributed by atoms with Gasteiger partial charge in [-0.2, -0.15) is 5.26 Å². The van der Waals surface area contributed by atoms with Crippen LogP contribution in [0.4, 0.5) is 11.4 Å². The third kappa shape index (κ3) is 4.55. The van der Waals surface area contributed by atoms with Crippen LogP contribution in [0.25, 0.3) is 6.08 Å². The lowest BCUT2D eigenvalue weighted by molar-refractivity contribution is -0.383. The maximum absolute atomic E-state index is 12.1. The Labute approximate surface area is 147 Å². The second-order valence-electron chi connectivity index (χ2n) is 5.00. The molecule has 0 aliphatic carbocycles. The van der Waals surface area contributed by atoms with Crippen LogP contribution in [-0.4, -0.2) is 22.9 Å². The summed E-state index contributed by atoms with van der Waals surface area (Å²) in [6, 6.07) is 10.3. The lowest BCUT2D eigenvalue weighted by atomic mass is 10.2. The van der Waals surface area contributed by atoms with E-state index >= 15 is 0 Å². The maximum atomic E-state index is 12.1. The molecule has 9 heteroatoms. The molecular formula is C17H13N3O6. The highest BCUT2D eigenvalue weighted by Crippen LogP contribution is 2.23. The van der Waals surface area contributed by atoms with E-state index < -0.39 is 22.9 Å². The highest BCUT2D eigenvalue weighted by Gasteiger charge is 2.23. The Balaban J connectivity index is 2.06. The van der Waals surface area contributed by atoms with Crippen molar-refractivity contribution in [2.75, 3.05) is 5.32 Å². The molecule has 0 fully saturated rings. The molecule has 1 aromatic heterocycles. The number of hydrogen-bond donors (Lipinski definition) is 1. The lowest BCUT2D eigenvalue weighted by Gasteiger charge is -2.13. The van der Waals surface area contributed by atoms with E-state index in [4.69, 9.17) is 14.4 Å². The fraction of sp³-hybridized carbons (Fsp3) is 0.118. The smallest absolute Gasteiger partial charge is 0.349 e. The van der Waals surface area contributed by atoms with Crippen molar-refractivity contribution in [3.8, 4) is 6.07 Å². The van der Waals surface area contributed by atoms with Crippen LogP contribution in [0, 0.1) is 21.4 Å². The number of rotatable bonds is 6. The quantitative estimate of drug-likeness (QED) is 0.276. The normalized spacial score (nSPS) is 11.9. The first-order chi connectivity index (χ1) is 12.4. The number of nitrogens with zero attached hydrogens (tertiary/aromatic N) is 2. The summed E-state index contributed by atoms with van der Waals surface area (Å²) in [7, 11) is 0. The minimum atomic E-state index is -1.28. The summed E-state index contributed by atoms with van der Waals surface area (Å²) in [5, 5.41) is 22.3. The SMILES string of the molecule is C[C@@H](OC(=O)/C(C#N)=C/c1ccco1)C(=O)Nc1ccccc1[N+](=O)[O-]. The first-order valence-electron chi connectivity index (χ1n) is 7.33. The Morgan fingerprint density at radius 3 is 2.69 bits per heavy atom. The van der Waals surface area contributed by atoms with E-state index in [1.807, 2.05) is 0 Å². The highest BCUT2D eigenvalue weighted by atomic mass is 16.6. The van der Waals surface area contributed by atoms with Crippen LogP contribution in [0.15, 0.2) is 52.7 Å². The molecule has 2 aromatic rings. The van der Waals surface area contributed by atoms with Crippen molar-refractivity contribution in [2.45, 2.75) is 13.0 Å². The number of nitro groups is 1. The molecule has 1 N–H and O–H groups in total. The van der Waals surface area contributed by atoms with Crippen LogP contribution < -0.4 is 5.32 Å². The molecule has 0 aliphatic rings. The van der Waals surface area contributed by atoms with Gasteiger partial charge in [-0.1, -0.05) is 12.1 Å². The van der Waals surface area contributed by atoms with Crippen LogP contribution in [0.1, 0.15) is 12.7 Å². The van der Waals surface area contributed by atoms with Crippen molar-refractivity contribution in [1.29, 1.82) is 5.26 Å². The van der Waals surface area contributed by atoms with E-state index in [1.165, 1.54) is 49.6 Å². The Kier molecular flexibility index (Phi) is 5.84. The average molecular weight is 355 g/mol. The number of anilines is 1. The summed E-state index contributed by atoms with van der Waals surface area (Å²) in [5.41, 5.74) is -0.683. The predicted molar refractivity (Wildman–Crippen MR) is 89.6 cm³/mol. The number of hydrogen-bond acceptors (Lipinski definition) is 7. The maximum Gasteiger partial charge on any atom is 0.349 e. The zero-order chi connectivity index (χ0) is 19.1. The Morgan fingerprint density at radius 1 is 1.35 bits per heavy atom. The van der Waals surface area contributed by atoms with Gasteiger partial charge in [0.1, 0.15) is 23.1 Å². The van der Waals surface area contributed by atoms with Crippen LogP contribution in [-0.2, 0) is 14.3 Å². The molecule has 1 amide bonds. The van der Waals surface area contributed by atoms with Gasteiger partial charge in [0, 0.05) is 12.1 Å². The van der Waals surface area contributed by atoms with E-state index in [1.54, 1.807) is 12.1 Å². The summed E-state index contributed by atoms with van der Waals surface area (Å²) in [5.74, 6) is -1.52. The number of esters is 1. The van der Waals surface area contributed by atoms with Crippen molar-refractivity contribution >= 4 is 29.3 Å². The molecule has 0 saturated heterocycles. The molecule has 0 radical (unpaired) electrons. The van der Waals surface area contributed by atoms with Gasteiger partial charge in [0.2, 0.25) is 0 Å². The first kappa shape index (κ1) is 18.4. The second kappa shape index (κ2) is 8.25. The Hall–Kier alpha value is -3.93. The van der Waals surface area contributed by atoms with Crippen LogP contribution >= 0.6 is 0 Å². The topological polar surface area (TPSA) is 135 Å². The van der Waals surface area contributed by atoms with E-state index in [0.29, 0.717) is 0 Å². The molecule has 9 nitrogen and oxygen atoms in total. The standard InChI is InChI=1S/C17H13N3O6/c1-11(16(21)19-14-6-2-3-7-15(14)20(23)24)26-17(22)12(10-18)9-13-5-4-8-25-13/h2-9,11H,1H3,(H,19,21)/b12-9+/t11-/m1/s1. The zero-order valence-corrected chi connectivity index (χ0v) is 13.5. The molecule has 26 heavy (non-hydrogen) atoms. The van der Waals surface area contributed by atoms with Crippen molar-refractivity contribution in [1.82, 2.24) is 0 Å². The number of nitriles is 1. The van der Waals surface area contributed by atoms with Gasteiger partial charge >= 0.3 is 5.97 Å². The number of carbonyl (C=O) groups is 2. The van der Waals surface area contributed by atoms with Crippen molar-refractivity contribution in [2.24, 2.45) is 0 Å². The molecule has 0 aliphatic heterocycles. The van der Waals surface area contributed by atoms with Gasteiger partial charge in [-0.3, -0.25) is 14.9 Å². The summed E-state index contributed by atoms with van der Waals surface area (Å²) in [4.78, 5) is 34.4. The number of furan rings is 1. The zero-order valence-electron chi connectivity index (χ0n) is 13.5. The highest BCUT2D eigenvalue weighted by molar-refractivity contribution is 6.01. The number of amides is 1. The largest absolute Gasteiger partial charge is 0.465 e. The molecule has 0 bridgehead atoms.